The van der Waals surface area contributed by atoms with Crippen molar-refractivity contribution in [1.29, 1.82) is 0 Å². The van der Waals surface area contributed by atoms with Gasteiger partial charge in [-0.15, -0.1) is 0 Å². The maximum Gasteiger partial charge on any atom is 0.171 e. The predicted molar refractivity (Wildman–Crippen MR) is 95.4 cm³/mol. The molecule has 2 unspecified atom stereocenters. The van der Waals surface area contributed by atoms with E-state index in [0.29, 0.717) is 5.78 Å². The first kappa shape index (κ1) is 19.6. The molecule has 0 saturated heterocycles. The first-order chi connectivity index (χ1) is 10.7. The average molecular weight is 311 g/mol. The van der Waals surface area contributed by atoms with Gasteiger partial charge in [-0.25, -0.2) is 0 Å². The summed E-state index contributed by atoms with van der Waals surface area (Å²) in [6.07, 6.45) is 9.70. The summed E-state index contributed by atoms with van der Waals surface area (Å²) < 4.78 is 0. The summed E-state index contributed by atoms with van der Waals surface area (Å²) in [7, 11) is 0. The fraction of sp³-hybridized carbons (Fsp3) is 0.947. The smallest absolute Gasteiger partial charge is 0.171 e. The van der Waals surface area contributed by atoms with Gasteiger partial charge >= 0.3 is 0 Å². The highest BCUT2D eigenvalue weighted by atomic mass is 16.1. The van der Waals surface area contributed by atoms with Gasteiger partial charge in [0, 0.05) is 0 Å². The topological polar surface area (TPSA) is 23.6 Å². The van der Waals surface area contributed by atoms with Gasteiger partial charge in [-0.05, 0) is 51.9 Å². The molecule has 22 heavy (non-hydrogen) atoms. The summed E-state index contributed by atoms with van der Waals surface area (Å²) in [5, 5.41) is 0. The van der Waals surface area contributed by atoms with Gasteiger partial charge in [-0.1, -0.05) is 53.4 Å². The van der Waals surface area contributed by atoms with Crippen molar-refractivity contribution in [2.45, 2.75) is 91.1 Å². The highest BCUT2D eigenvalue weighted by Gasteiger charge is 2.55. The molecule has 3 heteroatoms. The molecule has 0 radical (unpaired) electrons. The van der Waals surface area contributed by atoms with Crippen molar-refractivity contribution < 1.29 is 4.79 Å². The second-order valence-electron chi connectivity index (χ2n) is 6.78. The summed E-state index contributed by atoms with van der Waals surface area (Å²) >= 11 is 0. The van der Waals surface area contributed by atoms with Crippen molar-refractivity contribution in [2.75, 3.05) is 26.2 Å². The van der Waals surface area contributed by atoms with E-state index in [1.807, 2.05) is 0 Å². The van der Waals surface area contributed by atoms with Crippen LogP contribution in [0.2, 0.25) is 0 Å². The van der Waals surface area contributed by atoms with Crippen LogP contribution in [0.4, 0.5) is 0 Å². The van der Waals surface area contributed by atoms with E-state index >= 15 is 0 Å². The lowest BCUT2D eigenvalue weighted by Crippen LogP contribution is -2.37. The molecule has 0 aliphatic heterocycles. The Morgan fingerprint density at radius 2 is 0.909 bits per heavy atom. The van der Waals surface area contributed by atoms with Gasteiger partial charge in [0.1, 0.15) is 0 Å². The second-order valence-corrected chi connectivity index (χ2v) is 6.78. The number of carbonyl (C=O) groups is 1. The second kappa shape index (κ2) is 11.2. The van der Waals surface area contributed by atoms with Gasteiger partial charge in [0.05, 0.1) is 12.1 Å². The Morgan fingerprint density at radius 3 is 1.14 bits per heavy atom. The number of ketones is 1. The number of rotatable bonds is 14. The monoisotopic (exact) mass is 310 g/mol. The molecule has 3 nitrogen and oxygen atoms in total. The van der Waals surface area contributed by atoms with Crippen LogP contribution in [0, 0.1) is 0 Å². The fourth-order valence-electron chi connectivity index (χ4n) is 3.20. The van der Waals surface area contributed by atoms with Gasteiger partial charge < -0.3 is 0 Å². The summed E-state index contributed by atoms with van der Waals surface area (Å²) in [5.41, 5.74) is 0. The average Bonchev–Trinajstić information content (AvgIpc) is 3.18. The zero-order chi connectivity index (χ0) is 16.4. The number of carbonyl (C=O) groups excluding carboxylic acids is 1. The van der Waals surface area contributed by atoms with Crippen LogP contribution in [0.25, 0.3) is 0 Å². The third-order valence-corrected chi connectivity index (χ3v) is 4.76. The molecule has 130 valence electrons. The molecule has 1 saturated carbocycles. The molecular weight excluding hydrogens is 272 g/mol. The summed E-state index contributed by atoms with van der Waals surface area (Å²) in [6.45, 7) is 13.3. The molecule has 1 aliphatic rings. The minimum absolute atomic E-state index is 0.201. The maximum atomic E-state index is 12.5. The van der Waals surface area contributed by atoms with Crippen molar-refractivity contribution in [3.8, 4) is 0 Å². The number of unbranched alkanes of at least 4 members (excludes halogenated alkanes) is 4. The van der Waals surface area contributed by atoms with Crippen molar-refractivity contribution in [1.82, 2.24) is 9.80 Å². The molecule has 0 aromatic rings. The van der Waals surface area contributed by atoms with Crippen LogP contribution in [0.5, 0.6) is 0 Å². The molecule has 1 rings (SSSR count). The Labute approximate surface area is 138 Å². The number of hydrogen-bond acceptors (Lipinski definition) is 3. The quantitative estimate of drug-likeness (QED) is 0.482. The van der Waals surface area contributed by atoms with Crippen LogP contribution in [-0.2, 0) is 4.79 Å². The zero-order valence-electron chi connectivity index (χ0n) is 15.4. The van der Waals surface area contributed by atoms with E-state index in [0.717, 1.165) is 26.2 Å². The molecular formula is C19H38N2O. The van der Waals surface area contributed by atoms with Gasteiger partial charge in [0.2, 0.25) is 0 Å². The SMILES string of the molecule is CCCCN(CCCC)C1C(=O)C1N(CCCC)CCCC. The standard InChI is InChI=1S/C19H38N2O/c1-5-9-13-20(14-10-6-2)17-18(19(17)22)21(15-11-7-3)16-12-8-4/h17-18H,5-16H2,1-4H3. The van der Waals surface area contributed by atoms with Crippen LogP contribution in [0.15, 0.2) is 0 Å². The van der Waals surface area contributed by atoms with Gasteiger partial charge in [-0.2, -0.15) is 0 Å². The lowest BCUT2D eigenvalue weighted by Gasteiger charge is -2.25. The van der Waals surface area contributed by atoms with Crippen molar-refractivity contribution in [2.24, 2.45) is 0 Å². The molecule has 0 aromatic carbocycles. The van der Waals surface area contributed by atoms with E-state index in [9.17, 15) is 4.79 Å². The molecule has 0 bridgehead atoms. The Morgan fingerprint density at radius 1 is 0.636 bits per heavy atom. The van der Waals surface area contributed by atoms with E-state index in [1.54, 1.807) is 0 Å². The minimum Gasteiger partial charge on any atom is -0.296 e. The van der Waals surface area contributed by atoms with Gasteiger partial charge in [0.15, 0.2) is 5.78 Å². The summed E-state index contributed by atoms with van der Waals surface area (Å²) in [4.78, 5) is 17.4. The predicted octanol–water partition coefficient (Wildman–Crippen LogP) is 4.11. The number of nitrogens with zero attached hydrogens (tertiary/aromatic N) is 2. The molecule has 0 amide bonds. The van der Waals surface area contributed by atoms with Crippen molar-refractivity contribution >= 4 is 5.78 Å². The van der Waals surface area contributed by atoms with Crippen LogP contribution in [0.3, 0.4) is 0 Å². The summed E-state index contributed by atoms with van der Waals surface area (Å²) in [6, 6.07) is 0.402. The van der Waals surface area contributed by atoms with E-state index < -0.39 is 0 Å². The Hall–Kier alpha value is -0.410. The largest absolute Gasteiger partial charge is 0.296 e. The van der Waals surface area contributed by atoms with Crippen LogP contribution in [-0.4, -0.2) is 53.8 Å². The van der Waals surface area contributed by atoms with Gasteiger partial charge in [-0.3, -0.25) is 14.6 Å². The third-order valence-electron chi connectivity index (χ3n) is 4.76. The molecule has 0 N–H and O–H groups in total. The normalized spacial score (nSPS) is 21.1. The lowest BCUT2D eigenvalue weighted by molar-refractivity contribution is -0.112. The molecule has 0 aromatic heterocycles. The third kappa shape index (κ3) is 6.00. The lowest BCUT2D eigenvalue weighted by atomic mass is 10.2. The minimum atomic E-state index is 0.201. The highest BCUT2D eigenvalue weighted by molar-refractivity contribution is 6.07. The Kier molecular flexibility index (Phi) is 9.98. The first-order valence-corrected chi connectivity index (χ1v) is 9.72. The maximum absolute atomic E-state index is 12.5. The van der Waals surface area contributed by atoms with Crippen molar-refractivity contribution in [3.63, 3.8) is 0 Å². The summed E-state index contributed by atoms with van der Waals surface area (Å²) in [5.74, 6) is 0.486. The molecule has 1 fully saturated rings. The fourth-order valence-corrected chi connectivity index (χ4v) is 3.20. The van der Waals surface area contributed by atoms with E-state index in [4.69, 9.17) is 0 Å². The number of hydrogen-bond donors (Lipinski definition) is 0. The zero-order valence-corrected chi connectivity index (χ0v) is 15.4. The van der Waals surface area contributed by atoms with Gasteiger partial charge in [0.25, 0.3) is 0 Å². The van der Waals surface area contributed by atoms with Crippen LogP contribution >= 0.6 is 0 Å². The highest BCUT2D eigenvalue weighted by Crippen LogP contribution is 2.30. The van der Waals surface area contributed by atoms with Crippen molar-refractivity contribution in [3.05, 3.63) is 0 Å². The molecule has 2 atom stereocenters. The molecule has 0 heterocycles. The molecule has 0 spiro atoms. The molecule has 1 aliphatic carbocycles. The van der Waals surface area contributed by atoms with E-state index in [1.165, 1.54) is 51.4 Å². The Bertz CT molecular complexity index is 262. The Balaban J connectivity index is 2.61. The van der Waals surface area contributed by atoms with E-state index in [2.05, 4.69) is 37.5 Å². The number of Topliss-reactive ketones (excluding diaryl/α,β-unsaturated/α-hetero) is 1. The van der Waals surface area contributed by atoms with E-state index in [-0.39, 0.29) is 12.1 Å². The van der Waals surface area contributed by atoms with Crippen LogP contribution < -0.4 is 0 Å². The first-order valence-electron chi connectivity index (χ1n) is 9.72. The van der Waals surface area contributed by atoms with Crippen LogP contribution in [0.1, 0.15) is 79.1 Å².